The molecule has 0 amide bonds. The number of aryl methyl sites for hydroxylation is 2. The molecule has 0 spiro atoms. The molecule has 0 aliphatic rings. The number of rotatable bonds is 3. The van der Waals surface area contributed by atoms with Crippen LogP contribution in [0.5, 0.6) is 0 Å². The lowest BCUT2D eigenvalue weighted by Gasteiger charge is -2.01. The Kier molecular flexibility index (Phi) is 2.83. The van der Waals surface area contributed by atoms with E-state index in [1.165, 1.54) is 11.1 Å². The molecule has 0 fully saturated rings. The molecule has 0 atom stereocenters. The molecule has 0 saturated heterocycles. The second kappa shape index (κ2) is 4.51. The highest BCUT2D eigenvalue weighted by atomic mass is 15.3. The maximum Gasteiger partial charge on any atom is 0.251 e. The normalized spacial score (nSPS) is 11.3. The van der Waals surface area contributed by atoms with Crippen LogP contribution in [0.2, 0.25) is 0 Å². The molecule has 0 saturated carbocycles. The van der Waals surface area contributed by atoms with Crippen molar-refractivity contribution in [2.24, 2.45) is 5.73 Å². The van der Waals surface area contributed by atoms with Gasteiger partial charge in [-0.25, -0.2) is 9.50 Å². The molecular formula is C14H17N5. The number of nitrogens with zero attached hydrogens (tertiary/aromatic N) is 3. The molecule has 2 aromatic heterocycles. The Balaban J connectivity index is 2.00. The molecule has 0 bridgehead atoms. The highest BCUT2D eigenvalue weighted by Crippen LogP contribution is 2.19. The van der Waals surface area contributed by atoms with Crippen molar-refractivity contribution in [3.8, 4) is 11.4 Å². The summed E-state index contributed by atoms with van der Waals surface area (Å²) in [5.41, 5.74) is 10.1. The summed E-state index contributed by atoms with van der Waals surface area (Å²) >= 11 is 0. The maximum absolute atomic E-state index is 5.52. The average Bonchev–Trinajstić information content (AvgIpc) is 2.91. The van der Waals surface area contributed by atoms with E-state index in [1.807, 2.05) is 10.7 Å². The Hall–Kier alpha value is -2.14. The summed E-state index contributed by atoms with van der Waals surface area (Å²) < 4.78 is 1.84. The third-order valence-electron chi connectivity index (χ3n) is 3.36. The minimum absolute atomic E-state index is 0.601. The first-order valence-electron chi connectivity index (χ1n) is 6.39. The van der Waals surface area contributed by atoms with Gasteiger partial charge in [-0.2, -0.15) is 4.98 Å². The van der Waals surface area contributed by atoms with Gasteiger partial charge in [-0.05, 0) is 37.6 Å². The summed E-state index contributed by atoms with van der Waals surface area (Å²) in [7, 11) is 0. The van der Waals surface area contributed by atoms with Gasteiger partial charge in [0.15, 0.2) is 5.82 Å². The lowest BCUT2D eigenvalue weighted by atomic mass is 10.1. The van der Waals surface area contributed by atoms with Crippen molar-refractivity contribution in [2.75, 3.05) is 6.54 Å². The zero-order valence-electron chi connectivity index (χ0n) is 11.1. The van der Waals surface area contributed by atoms with Crippen molar-refractivity contribution in [2.45, 2.75) is 20.3 Å². The highest BCUT2D eigenvalue weighted by Gasteiger charge is 2.09. The van der Waals surface area contributed by atoms with Gasteiger partial charge in [0, 0.05) is 12.0 Å². The third-order valence-corrected chi connectivity index (χ3v) is 3.36. The van der Waals surface area contributed by atoms with Crippen molar-refractivity contribution in [1.82, 2.24) is 19.6 Å². The molecule has 3 rings (SSSR count). The third kappa shape index (κ3) is 2.13. The summed E-state index contributed by atoms with van der Waals surface area (Å²) in [6.45, 7) is 4.81. The van der Waals surface area contributed by atoms with Crippen LogP contribution in [0, 0.1) is 13.8 Å². The maximum atomic E-state index is 5.52. The van der Waals surface area contributed by atoms with Crippen LogP contribution in [0.1, 0.15) is 16.8 Å². The van der Waals surface area contributed by atoms with Crippen LogP contribution < -0.4 is 5.73 Å². The Bertz CT molecular complexity index is 691. The summed E-state index contributed by atoms with van der Waals surface area (Å²) in [5, 5.41) is 3.24. The van der Waals surface area contributed by atoms with Crippen molar-refractivity contribution >= 4 is 5.78 Å². The van der Waals surface area contributed by atoms with Gasteiger partial charge in [0.2, 0.25) is 0 Å². The number of hydrogen-bond donors (Lipinski definition) is 2. The molecule has 2 heterocycles. The van der Waals surface area contributed by atoms with Crippen LogP contribution in [0.25, 0.3) is 17.2 Å². The van der Waals surface area contributed by atoms with Gasteiger partial charge < -0.3 is 5.73 Å². The van der Waals surface area contributed by atoms with Crippen LogP contribution in [0.4, 0.5) is 0 Å². The van der Waals surface area contributed by atoms with Crippen LogP contribution in [0.3, 0.4) is 0 Å². The molecule has 3 N–H and O–H groups in total. The van der Waals surface area contributed by atoms with Crippen LogP contribution in [-0.2, 0) is 6.42 Å². The van der Waals surface area contributed by atoms with E-state index in [9.17, 15) is 0 Å². The van der Waals surface area contributed by atoms with Gasteiger partial charge in [-0.1, -0.05) is 12.1 Å². The van der Waals surface area contributed by atoms with Gasteiger partial charge in [-0.15, -0.1) is 0 Å². The number of H-pyrrole nitrogens is 1. The fraction of sp³-hybridized carbons (Fsp3) is 0.286. The number of fused-ring (bicyclic) bond motifs is 1. The van der Waals surface area contributed by atoms with E-state index in [0.29, 0.717) is 12.3 Å². The van der Waals surface area contributed by atoms with E-state index >= 15 is 0 Å². The van der Waals surface area contributed by atoms with Gasteiger partial charge in [0.05, 0.1) is 11.9 Å². The molecular weight excluding hydrogens is 238 g/mol. The van der Waals surface area contributed by atoms with E-state index < -0.39 is 0 Å². The van der Waals surface area contributed by atoms with Crippen molar-refractivity contribution in [1.29, 1.82) is 0 Å². The largest absolute Gasteiger partial charge is 0.330 e. The van der Waals surface area contributed by atoms with Crippen molar-refractivity contribution in [3.05, 3.63) is 41.2 Å². The van der Waals surface area contributed by atoms with E-state index in [1.54, 1.807) is 0 Å². The fourth-order valence-electron chi connectivity index (χ4n) is 2.10. The van der Waals surface area contributed by atoms with Gasteiger partial charge in [0.1, 0.15) is 0 Å². The number of nitrogens with two attached hydrogens (primary N) is 1. The molecule has 0 aliphatic carbocycles. The van der Waals surface area contributed by atoms with Gasteiger partial charge in [-0.3, -0.25) is 5.10 Å². The van der Waals surface area contributed by atoms with Crippen LogP contribution in [0.15, 0.2) is 24.4 Å². The molecule has 0 unspecified atom stereocenters. The smallest absolute Gasteiger partial charge is 0.251 e. The number of nitrogens with one attached hydrogen (secondary N) is 1. The molecule has 5 heteroatoms. The topological polar surface area (TPSA) is 72.0 Å². The predicted molar refractivity (Wildman–Crippen MR) is 75.0 cm³/mol. The predicted octanol–water partition coefficient (Wildman–Crippen LogP) is 1.84. The Labute approximate surface area is 111 Å². The summed E-state index contributed by atoms with van der Waals surface area (Å²) in [5.74, 6) is 1.53. The second-order valence-electron chi connectivity index (χ2n) is 4.81. The molecule has 19 heavy (non-hydrogen) atoms. The first-order chi connectivity index (χ1) is 9.17. The summed E-state index contributed by atoms with van der Waals surface area (Å²) in [6.07, 6.45) is 2.72. The fourth-order valence-corrected chi connectivity index (χ4v) is 2.10. The Morgan fingerprint density at radius 2 is 2.05 bits per heavy atom. The number of aromatic amines is 1. The number of imidazole rings is 1. The van der Waals surface area contributed by atoms with E-state index in [4.69, 9.17) is 5.73 Å². The highest BCUT2D eigenvalue weighted by molar-refractivity contribution is 5.59. The number of aromatic nitrogens is 4. The summed E-state index contributed by atoms with van der Waals surface area (Å²) in [4.78, 5) is 8.94. The van der Waals surface area contributed by atoms with Crippen LogP contribution >= 0.6 is 0 Å². The minimum atomic E-state index is 0.601. The van der Waals surface area contributed by atoms with Crippen molar-refractivity contribution in [3.63, 3.8) is 0 Å². The lowest BCUT2D eigenvalue weighted by molar-refractivity contribution is 0.922. The molecule has 0 radical (unpaired) electrons. The molecule has 0 aliphatic heterocycles. The minimum Gasteiger partial charge on any atom is -0.330 e. The standard InChI is InChI=1S/C14H17N5/c1-9-3-4-11(7-10(9)2)13-17-14-16-12(5-6-15)8-19(14)18-13/h3-4,7-8H,5-6,15H2,1-2H3,(H,16,17,18). The zero-order chi connectivity index (χ0) is 13.4. The lowest BCUT2D eigenvalue weighted by Crippen LogP contribution is -2.02. The number of hydrogen-bond acceptors (Lipinski definition) is 3. The average molecular weight is 255 g/mol. The van der Waals surface area contributed by atoms with Gasteiger partial charge >= 0.3 is 0 Å². The zero-order valence-corrected chi connectivity index (χ0v) is 11.1. The SMILES string of the molecule is Cc1ccc(-c2nc3nc(CCN)cn3[nH]2)cc1C. The Morgan fingerprint density at radius 1 is 1.21 bits per heavy atom. The Morgan fingerprint density at radius 3 is 2.74 bits per heavy atom. The molecule has 1 aromatic carbocycles. The van der Waals surface area contributed by atoms with E-state index in [-0.39, 0.29) is 0 Å². The number of benzene rings is 1. The molecule has 98 valence electrons. The second-order valence-corrected chi connectivity index (χ2v) is 4.81. The first kappa shape index (κ1) is 11.9. The van der Waals surface area contributed by atoms with Gasteiger partial charge in [0.25, 0.3) is 5.78 Å². The van der Waals surface area contributed by atoms with E-state index in [0.717, 1.165) is 23.5 Å². The van der Waals surface area contributed by atoms with Crippen LogP contribution in [-0.4, -0.2) is 26.1 Å². The summed E-state index contributed by atoms with van der Waals surface area (Å²) in [6, 6.07) is 6.31. The monoisotopic (exact) mass is 255 g/mol. The molecule has 3 aromatic rings. The van der Waals surface area contributed by atoms with E-state index in [2.05, 4.69) is 47.1 Å². The van der Waals surface area contributed by atoms with Crippen molar-refractivity contribution < 1.29 is 0 Å². The molecule has 5 nitrogen and oxygen atoms in total. The quantitative estimate of drug-likeness (QED) is 0.750. The first-order valence-corrected chi connectivity index (χ1v) is 6.39.